The number of hydrogen-bond acceptors (Lipinski definition) is 5. The molecule has 0 spiro atoms. The third-order valence-electron chi connectivity index (χ3n) is 6.63. The molecule has 0 saturated heterocycles. The molecule has 1 heterocycles. The van der Waals surface area contributed by atoms with Gasteiger partial charge in [-0.3, -0.25) is 24.3 Å². The standard InChI is InChI=1S/C30H33N3O4/c1-3-37-27-15-8-7-13-25(27)28(29(35)32-23-11-5-4-6-12-23)33(30(36)26-14-9-10-20-31-26)24-18-16-22(17-19-24)21(2)34/h7-10,13-20,23,28H,3-6,11-12H2,1-2H3,(H,32,35)/t28-/m1/s1. The van der Waals surface area contributed by atoms with Gasteiger partial charge in [-0.2, -0.15) is 0 Å². The molecule has 0 unspecified atom stereocenters. The summed E-state index contributed by atoms with van der Waals surface area (Å²) in [4.78, 5) is 45.7. The van der Waals surface area contributed by atoms with Gasteiger partial charge >= 0.3 is 0 Å². The molecule has 1 aliphatic rings. The first-order valence-corrected chi connectivity index (χ1v) is 12.9. The van der Waals surface area contributed by atoms with Crippen LogP contribution >= 0.6 is 0 Å². The summed E-state index contributed by atoms with van der Waals surface area (Å²) in [5.74, 6) is -0.249. The molecular weight excluding hydrogens is 466 g/mol. The molecule has 1 saturated carbocycles. The van der Waals surface area contributed by atoms with E-state index in [0.717, 1.165) is 32.1 Å². The van der Waals surface area contributed by atoms with E-state index in [0.29, 0.717) is 29.2 Å². The van der Waals surface area contributed by atoms with Gasteiger partial charge in [0.2, 0.25) is 5.91 Å². The summed E-state index contributed by atoms with van der Waals surface area (Å²) in [5.41, 5.74) is 1.79. The predicted molar refractivity (Wildman–Crippen MR) is 143 cm³/mol. The van der Waals surface area contributed by atoms with Crippen LogP contribution in [0.5, 0.6) is 5.75 Å². The van der Waals surface area contributed by atoms with Crippen molar-refractivity contribution < 1.29 is 19.1 Å². The number of rotatable bonds is 9. The maximum atomic E-state index is 14.1. The highest BCUT2D eigenvalue weighted by molar-refractivity contribution is 6.09. The Morgan fingerprint density at radius 2 is 1.68 bits per heavy atom. The lowest BCUT2D eigenvalue weighted by Crippen LogP contribution is -2.47. The molecule has 3 aromatic rings. The van der Waals surface area contributed by atoms with Crippen molar-refractivity contribution in [2.75, 3.05) is 11.5 Å². The van der Waals surface area contributed by atoms with Gasteiger partial charge in [0.05, 0.1) is 6.61 Å². The Morgan fingerprint density at radius 3 is 2.32 bits per heavy atom. The lowest BCUT2D eigenvalue weighted by molar-refractivity contribution is -0.123. The number of aromatic nitrogens is 1. The third kappa shape index (κ3) is 6.23. The van der Waals surface area contributed by atoms with Crippen LogP contribution < -0.4 is 15.0 Å². The summed E-state index contributed by atoms with van der Waals surface area (Å²) < 4.78 is 5.90. The second kappa shape index (κ2) is 12.3. The minimum absolute atomic E-state index is 0.0508. The molecule has 0 aliphatic heterocycles. The van der Waals surface area contributed by atoms with Gasteiger partial charge in [0.25, 0.3) is 5.91 Å². The number of nitrogens with one attached hydrogen (secondary N) is 1. The maximum absolute atomic E-state index is 14.1. The van der Waals surface area contributed by atoms with E-state index < -0.39 is 11.9 Å². The number of amides is 2. The van der Waals surface area contributed by atoms with Gasteiger partial charge in [0.1, 0.15) is 17.5 Å². The van der Waals surface area contributed by atoms with Gasteiger partial charge in [-0.05, 0) is 69.2 Å². The van der Waals surface area contributed by atoms with Crippen LogP contribution in [0.1, 0.15) is 78.4 Å². The van der Waals surface area contributed by atoms with Gasteiger partial charge in [-0.15, -0.1) is 0 Å². The summed E-state index contributed by atoms with van der Waals surface area (Å²) in [6.07, 6.45) is 6.66. The van der Waals surface area contributed by atoms with Crippen LogP contribution in [0.4, 0.5) is 5.69 Å². The summed E-state index contributed by atoms with van der Waals surface area (Å²) in [6, 6.07) is 18.2. The quantitative estimate of drug-likeness (QED) is 0.392. The fourth-order valence-corrected chi connectivity index (χ4v) is 4.77. The smallest absolute Gasteiger partial charge is 0.277 e. The molecule has 4 rings (SSSR count). The molecule has 2 amide bonds. The minimum atomic E-state index is -1.01. The highest BCUT2D eigenvalue weighted by Crippen LogP contribution is 2.35. The number of ketones is 1. The van der Waals surface area contributed by atoms with E-state index in [1.54, 1.807) is 48.7 Å². The number of carbonyl (C=O) groups excluding carboxylic acids is 3. The Hall–Kier alpha value is -4.00. The van der Waals surface area contributed by atoms with Crippen molar-refractivity contribution in [2.45, 2.75) is 58.0 Å². The lowest BCUT2D eigenvalue weighted by Gasteiger charge is -2.34. The van der Waals surface area contributed by atoms with E-state index in [1.165, 1.54) is 11.8 Å². The first-order valence-electron chi connectivity index (χ1n) is 12.9. The molecule has 1 aromatic heterocycles. The third-order valence-corrected chi connectivity index (χ3v) is 6.63. The van der Waals surface area contributed by atoms with Crippen LogP contribution in [0.2, 0.25) is 0 Å². The topological polar surface area (TPSA) is 88.6 Å². The number of nitrogens with zero attached hydrogens (tertiary/aromatic N) is 2. The summed E-state index contributed by atoms with van der Waals surface area (Å²) >= 11 is 0. The molecule has 0 bridgehead atoms. The molecule has 1 fully saturated rings. The molecule has 192 valence electrons. The molecule has 7 heteroatoms. The molecule has 1 N–H and O–H groups in total. The Morgan fingerprint density at radius 1 is 0.973 bits per heavy atom. The zero-order chi connectivity index (χ0) is 26.2. The second-order valence-electron chi connectivity index (χ2n) is 9.21. The number of para-hydroxylation sites is 1. The number of benzene rings is 2. The van der Waals surface area contributed by atoms with E-state index in [-0.39, 0.29) is 23.4 Å². The summed E-state index contributed by atoms with van der Waals surface area (Å²) in [7, 11) is 0. The molecule has 1 aliphatic carbocycles. The van der Waals surface area contributed by atoms with Crippen LogP contribution in [0.25, 0.3) is 0 Å². The molecule has 7 nitrogen and oxygen atoms in total. The number of hydrogen-bond donors (Lipinski definition) is 1. The van der Waals surface area contributed by atoms with Crippen LogP contribution in [0.3, 0.4) is 0 Å². The van der Waals surface area contributed by atoms with Gasteiger partial charge in [0.15, 0.2) is 5.78 Å². The van der Waals surface area contributed by atoms with E-state index >= 15 is 0 Å². The number of ether oxygens (including phenoxy) is 1. The van der Waals surface area contributed by atoms with Crippen molar-refractivity contribution in [1.82, 2.24) is 10.3 Å². The maximum Gasteiger partial charge on any atom is 0.277 e. The Kier molecular flexibility index (Phi) is 8.67. The number of pyridine rings is 1. The Bertz CT molecular complexity index is 1220. The fraction of sp³-hybridized carbons (Fsp3) is 0.333. The van der Waals surface area contributed by atoms with Crippen LogP contribution in [-0.2, 0) is 4.79 Å². The van der Waals surface area contributed by atoms with Crippen molar-refractivity contribution in [2.24, 2.45) is 0 Å². The average molecular weight is 500 g/mol. The SMILES string of the molecule is CCOc1ccccc1[C@H](C(=O)NC1CCCCC1)N(C(=O)c1ccccn1)c1ccc(C(C)=O)cc1. The zero-order valence-corrected chi connectivity index (χ0v) is 21.4. The first kappa shape index (κ1) is 26.1. The highest BCUT2D eigenvalue weighted by atomic mass is 16.5. The van der Waals surface area contributed by atoms with Gasteiger partial charge in [-0.25, -0.2) is 0 Å². The van der Waals surface area contributed by atoms with Crippen molar-refractivity contribution in [3.05, 3.63) is 89.7 Å². The first-order chi connectivity index (χ1) is 18.0. The second-order valence-corrected chi connectivity index (χ2v) is 9.21. The molecule has 0 radical (unpaired) electrons. The largest absolute Gasteiger partial charge is 0.493 e. The van der Waals surface area contributed by atoms with Gasteiger partial charge in [-0.1, -0.05) is 43.5 Å². The highest BCUT2D eigenvalue weighted by Gasteiger charge is 2.36. The molecule has 37 heavy (non-hydrogen) atoms. The van der Waals surface area contributed by atoms with Crippen molar-refractivity contribution >= 4 is 23.3 Å². The predicted octanol–water partition coefficient (Wildman–Crippen LogP) is 5.52. The van der Waals surface area contributed by atoms with Crippen molar-refractivity contribution in [3.63, 3.8) is 0 Å². The van der Waals surface area contributed by atoms with E-state index in [9.17, 15) is 14.4 Å². The normalized spacial score (nSPS) is 14.4. The van der Waals surface area contributed by atoms with E-state index in [2.05, 4.69) is 10.3 Å². The van der Waals surface area contributed by atoms with Crippen molar-refractivity contribution in [1.29, 1.82) is 0 Å². The van der Waals surface area contributed by atoms with Crippen LogP contribution in [0, 0.1) is 0 Å². The number of carbonyl (C=O) groups is 3. The van der Waals surface area contributed by atoms with E-state index in [1.807, 2.05) is 31.2 Å². The molecule has 2 aromatic carbocycles. The Balaban J connectivity index is 1.85. The molecule has 1 atom stereocenters. The fourth-order valence-electron chi connectivity index (χ4n) is 4.77. The Labute approximate surface area is 217 Å². The van der Waals surface area contributed by atoms with Crippen LogP contribution in [0.15, 0.2) is 72.9 Å². The average Bonchev–Trinajstić information content (AvgIpc) is 2.93. The summed E-state index contributed by atoms with van der Waals surface area (Å²) in [5, 5.41) is 3.21. The van der Waals surface area contributed by atoms with Crippen molar-refractivity contribution in [3.8, 4) is 5.75 Å². The number of Topliss-reactive ketones (excluding diaryl/α,β-unsaturated/α-hetero) is 1. The molecular formula is C30H33N3O4. The van der Waals surface area contributed by atoms with Gasteiger partial charge < -0.3 is 10.1 Å². The minimum Gasteiger partial charge on any atom is -0.493 e. The van der Waals surface area contributed by atoms with Gasteiger partial charge in [0, 0.05) is 29.1 Å². The lowest BCUT2D eigenvalue weighted by atomic mass is 9.94. The monoisotopic (exact) mass is 499 g/mol. The van der Waals surface area contributed by atoms with E-state index in [4.69, 9.17) is 4.74 Å². The van der Waals surface area contributed by atoms with Crippen LogP contribution in [-0.4, -0.2) is 35.2 Å². The number of anilines is 1. The summed E-state index contributed by atoms with van der Waals surface area (Å²) in [6.45, 7) is 3.78. The zero-order valence-electron chi connectivity index (χ0n) is 21.4.